The van der Waals surface area contributed by atoms with Crippen LogP contribution in [0.5, 0.6) is 0 Å². The van der Waals surface area contributed by atoms with Gasteiger partial charge in [-0.1, -0.05) is 20.8 Å². The van der Waals surface area contributed by atoms with Crippen LogP contribution in [0.1, 0.15) is 26.6 Å². The molecule has 0 aliphatic carbocycles. The molecule has 1 aliphatic rings. The first-order valence-electron chi connectivity index (χ1n) is 8.77. The van der Waals surface area contributed by atoms with Crippen LogP contribution < -0.4 is 4.90 Å². The van der Waals surface area contributed by atoms with E-state index in [1.807, 2.05) is 24.1 Å². The van der Waals surface area contributed by atoms with Crippen LogP contribution in [-0.2, 0) is 10.2 Å². The highest BCUT2D eigenvalue weighted by Crippen LogP contribution is 2.21. The number of likely N-dealkylation sites (N-methyl/N-ethyl adjacent to an activating group) is 1. The van der Waals surface area contributed by atoms with E-state index < -0.39 is 6.10 Å². The lowest BCUT2D eigenvalue weighted by Gasteiger charge is -2.30. The number of aromatic nitrogens is 4. The standard InChI is InChI=1S/C17H28N6O2/c1-17(2,3)16-19-18-14-5-6-15(20-23(14)16)21(4)11-13(24)12-22-7-9-25-10-8-22/h5-6,13,24H,7-12H2,1-4H3. The molecule has 0 amide bonds. The number of morpholine rings is 1. The van der Waals surface area contributed by atoms with Crippen LogP contribution in [-0.4, -0.2) is 82.4 Å². The second-order valence-corrected chi connectivity index (χ2v) is 7.68. The first kappa shape index (κ1) is 18.0. The van der Waals surface area contributed by atoms with Crippen molar-refractivity contribution < 1.29 is 9.84 Å². The summed E-state index contributed by atoms with van der Waals surface area (Å²) in [6.45, 7) is 10.7. The zero-order valence-electron chi connectivity index (χ0n) is 15.5. The summed E-state index contributed by atoms with van der Waals surface area (Å²) in [6.07, 6.45) is -0.441. The molecule has 1 fully saturated rings. The van der Waals surface area contributed by atoms with Crippen molar-refractivity contribution in [1.29, 1.82) is 0 Å². The highest BCUT2D eigenvalue weighted by molar-refractivity contribution is 5.45. The van der Waals surface area contributed by atoms with E-state index in [1.165, 1.54) is 0 Å². The molecule has 25 heavy (non-hydrogen) atoms. The number of fused-ring (bicyclic) bond motifs is 1. The van der Waals surface area contributed by atoms with Gasteiger partial charge in [0.2, 0.25) is 0 Å². The van der Waals surface area contributed by atoms with Gasteiger partial charge >= 0.3 is 0 Å². The summed E-state index contributed by atoms with van der Waals surface area (Å²) in [4.78, 5) is 4.20. The third-order valence-corrected chi connectivity index (χ3v) is 4.37. The number of aliphatic hydroxyl groups is 1. The van der Waals surface area contributed by atoms with E-state index in [0.29, 0.717) is 13.1 Å². The number of hydrogen-bond donors (Lipinski definition) is 1. The van der Waals surface area contributed by atoms with Crippen molar-refractivity contribution in [2.75, 3.05) is 51.3 Å². The van der Waals surface area contributed by atoms with Gasteiger partial charge in [-0.2, -0.15) is 4.52 Å². The van der Waals surface area contributed by atoms with Crippen LogP contribution in [0.4, 0.5) is 5.82 Å². The molecule has 3 rings (SSSR count). The zero-order valence-corrected chi connectivity index (χ0v) is 15.5. The monoisotopic (exact) mass is 348 g/mol. The Balaban J connectivity index is 1.69. The van der Waals surface area contributed by atoms with Gasteiger partial charge in [0, 0.05) is 38.6 Å². The largest absolute Gasteiger partial charge is 0.390 e. The molecule has 1 N–H and O–H groups in total. The Morgan fingerprint density at radius 2 is 1.96 bits per heavy atom. The molecule has 0 aromatic carbocycles. The molecule has 1 saturated heterocycles. The normalized spacial score (nSPS) is 17.8. The summed E-state index contributed by atoms with van der Waals surface area (Å²) < 4.78 is 7.14. The van der Waals surface area contributed by atoms with E-state index in [9.17, 15) is 5.11 Å². The molecule has 1 aliphatic heterocycles. The molecular formula is C17H28N6O2. The topological polar surface area (TPSA) is 79.0 Å². The maximum atomic E-state index is 10.4. The first-order valence-corrected chi connectivity index (χ1v) is 8.77. The highest BCUT2D eigenvalue weighted by Gasteiger charge is 2.22. The Hall–Kier alpha value is -1.77. The second kappa shape index (κ2) is 7.23. The quantitative estimate of drug-likeness (QED) is 0.845. The summed E-state index contributed by atoms with van der Waals surface area (Å²) in [5.74, 6) is 1.62. The van der Waals surface area contributed by atoms with Crippen molar-refractivity contribution >= 4 is 11.5 Å². The van der Waals surface area contributed by atoms with Crippen LogP contribution >= 0.6 is 0 Å². The van der Waals surface area contributed by atoms with Crippen molar-refractivity contribution in [3.8, 4) is 0 Å². The maximum absolute atomic E-state index is 10.4. The molecule has 8 nitrogen and oxygen atoms in total. The molecule has 0 spiro atoms. The Kier molecular flexibility index (Phi) is 5.21. The minimum atomic E-state index is -0.441. The molecule has 138 valence electrons. The predicted octanol–water partition coefficient (Wildman–Crippen LogP) is 0.551. The van der Waals surface area contributed by atoms with Gasteiger partial charge in [0.15, 0.2) is 11.5 Å². The van der Waals surface area contributed by atoms with E-state index in [2.05, 4.69) is 41.0 Å². The number of nitrogens with zero attached hydrogens (tertiary/aromatic N) is 6. The Morgan fingerprint density at radius 3 is 2.64 bits per heavy atom. The van der Waals surface area contributed by atoms with Gasteiger partial charge < -0.3 is 14.7 Å². The van der Waals surface area contributed by atoms with Crippen LogP contribution in [0.15, 0.2) is 12.1 Å². The van der Waals surface area contributed by atoms with E-state index in [1.54, 1.807) is 4.52 Å². The molecule has 0 radical (unpaired) electrons. The Labute approximate surface area is 148 Å². The molecule has 0 saturated carbocycles. The van der Waals surface area contributed by atoms with E-state index in [4.69, 9.17) is 4.74 Å². The van der Waals surface area contributed by atoms with Crippen molar-refractivity contribution in [3.63, 3.8) is 0 Å². The van der Waals surface area contributed by atoms with Gasteiger partial charge in [0.1, 0.15) is 5.82 Å². The summed E-state index contributed by atoms with van der Waals surface area (Å²) >= 11 is 0. The van der Waals surface area contributed by atoms with Gasteiger partial charge in [-0.25, -0.2) is 0 Å². The Morgan fingerprint density at radius 1 is 1.24 bits per heavy atom. The van der Waals surface area contributed by atoms with E-state index in [0.717, 1.165) is 43.6 Å². The van der Waals surface area contributed by atoms with Crippen molar-refractivity contribution in [2.45, 2.75) is 32.3 Å². The summed E-state index contributed by atoms with van der Waals surface area (Å²) in [5.41, 5.74) is 0.593. The van der Waals surface area contributed by atoms with Crippen LogP contribution in [0.2, 0.25) is 0 Å². The number of ether oxygens (including phenoxy) is 1. The number of hydrogen-bond acceptors (Lipinski definition) is 7. The molecular weight excluding hydrogens is 320 g/mol. The van der Waals surface area contributed by atoms with Gasteiger partial charge in [-0.15, -0.1) is 15.3 Å². The lowest BCUT2D eigenvalue weighted by molar-refractivity contribution is 0.0162. The van der Waals surface area contributed by atoms with Crippen molar-refractivity contribution in [1.82, 2.24) is 24.7 Å². The average Bonchev–Trinajstić information content (AvgIpc) is 2.98. The Bertz CT molecular complexity index is 705. The number of aliphatic hydroxyl groups excluding tert-OH is 1. The lowest BCUT2D eigenvalue weighted by Crippen LogP contribution is -2.44. The average molecular weight is 348 g/mol. The predicted molar refractivity (Wildman–Crippen MR) is 96.0 cm³/mol. The van der Waals surface area contributed by atoms with Crippen molar-refractivity contribution in [2.24, 2.45) is 0 Å². The molecule has 0 bridgehead atoms. The SMILES string of the molecule is CN(CC(O)CN1CCOCC1)c1ccc2nnc(C(C)(C)C)n2n1. The summed E-state index contributed by atoms with van der Waals surface area (Å²) in [7, 11) is 1.94. The summed E-state index contributed by atoms with van der Waals surface area (Å²) in [6, 6.07) is 3.83. The zero-order chi connectivity index (χ0) is 18.0. The lowest BCUT2D eigenvalue weighted by atomic mass is 9.96. The molecule has 2 aromatic rings. The molecule has 3 heterocycles. The van der Waals surface area contributed by atoms with Crippen LogP contribution in [0, 0.1) is 0 Å². The van der Waals surface area contributed by atoms with Crippen LogP contribution in [0.3, 0.4) is 0 Å². The molecule has 8 heteroatoms. The smallest absolute Gasteiger partial charge is 0.178 e. The van der Waals surface area contributed by atoms with E-state index in [-0.39, 0.29) is 5.41 Å². The molecule has 2 aromatic heterocycles. The summed E-state index contributed by atoms with van der Waals surface area (Å²) in [5, 5.41) is 23.5. The number of rotatable bonds is 5. The fourth-order valence-electron chi connectivity index (χ4n) is 3.00. The maximum Gasteiger partial charge on any atom is 0.178 e. The van der Waals surface area contributed by atoms with Crippen LogP contribution in [0.25, 0.3) is 5.65 Å². The van der Waals surface area contributed by atoms with Crippen molar-refractivity contribution in [3.05, 3.63) is 18.0 Å². The molecule has 1 atom stereocenters. The fourth-order valence-corrected chi connectivity index (χ4v) is 3.00. The molecule has 1 unspecified atom stereocenters. The second-order valence-electron chi connectivity index (χ2n) is 7.68. The minimum absolute atomic E-state index is 0.139. The van der Waals surface area contributed by atoms with Gasteiger partial charge in [-0.05, 0) is 12.1 Å². The number of anilines is 1. The van der Waals surface area contributed by atoms with Gasteiger partial charge in [-0.3, -0.25) is 4.90 Å². The third kappa shape index (κ3) is 4.26. The first-order chi connectivity index (χ1) is 11.8. The highest BCUT2D eigenvalue weighted by atomic mass is 16.5. The van der Waals surface area contributed by atoms with Gasteiger partial charge in [0.25, 0.3) is 0 Å². The minimum Gasteiger partial charge on any atom is -0.390 e. The number of β-amino-alcohol motifs (C(OH)–C–C–N with tert-alkyl or cyclic N) is 1. The third-order valence-electron chi connectivity index (χ3n) is 4.37. The van der Waals surface area contributed by atoms with E-state index >= 15 is 0 Å². The van der Waals surface area contributed by atoms with Gasteiger partial charge in [0.05, 0.1) is 19.3 Å². The fraction of sp³-hybridized carbons (Fsp3) is 0.706.